The van der Waals surface area contributed by atoms with E-state index in [4.69, 9.17) is 0 Å². The van der Waals surface area contributed by atoms with Crippen LogP contribution in [0.2, 0.25) is 0 Å². The summed E-state index contributed by atoms with van der Waals surface area (Å²) in [6.07, 6.45) is 3.19. The number of benzene rings is 1. The monoisotopic (exact) mass is 216 g/mol. The molecule has 1 heterocycles. The molecule has 0 saturated heterocycles. The first-order valence-electron chi connectivity index (χ1n) is 5.79. The highest BCUT2D eigenvalue weighted by molar-refractivity contribution is 6.08. The molecular formula is C13H16N2O. The van der Waals surface area contributed by atoms with Gasteiger partial charge in [-0.1, -0.05) is 6.42 Å². The largest absolute Gasteiger partial charge is 0.388 e. The number of likely N-dealkylation sites (N-methyl/N-ethyl adjacent to an activating group) is 1. The lowest BCUT2D eigenvalue weighted by molar-refractivity contribution is -0.125. The summed E-state index contributed by atoms with van der Waals surface area (Å²) in [5.41, 5.74) is 3.21. The Bertz CT molecular complexity index is 463. The molecular weight excluding hydrogens is 200 g/mol. The van der Waals surface area contributed by atoms with Crippen molar-refractivity contribution in [3.63, 3.8) is 0 Å². The van der Waals surface area contributed by atoms with Crippen LogP contribution in [0.25, 0.3) is 0 Å². The maximum absolute atomic E-state index is 12.3. The smallest absolute Gasteiger partial charge is 0.237 e. The van der Waals surface area contributed by atoms with E-state index < -0.39 is 0 Å². The van der Waals surface area contributed by atoms with Crippen LogP contribution in [0.4, 0.5) is 11.4 Å². The average Bonchev–Trinajstić information content (AvgIpc) is 2.47. The van der Waals surface area contributed by atoms with Gasteiger partial charge >= 0.3 is 0 Å². The number of rotatable bonds is 1. The van der Waals surface area contributed by atoms with E-state index in [1.807, 2.05) is 31.1 Å². The molecule has 1 aromatic rings. The summed E-state index contributed by atoms with van der Waals surface area (Å²) in [5, 5.41) is 3.14. The predicted octanol–water partition coefficient (Wildman–Crippen LogP) is 2.13. The Hall–Kier alpha value is -1.51. The third kappa shape index (κ3) is 0.958. The molecule has 0 radical (unpaired) electrons. The maximum atomic E-state index is 12.3. The lowest BCUT2D eigenvalue weighted by Gasteiger charge is -2.36. The number of nitrogens with zero attached hydrogens (tertiary/aromatic N) is 1. The highest BCUT2D eigenvalue weighted by Gasteiger charge is 2.53. The number of carbonyl (C=O) groups is 1. The molecule has 0 atom stereocenters. The van der Waals surface area contributed by atoms with Crippen LogP contribution in [-0.4, -0.2) is 20.0 Å². The molecule has 2 aliphatic rings. The van der Waals surface area contributed by atoms with E-state index in [1.165, 1.54) is 12.0 Å². The van der Waals surface area contributed by atoms with Gasteiger partial charge in [0.2, 0.25) is 5.91 Å². The van der Waals surface area contributed by atoms with Gasteiger partial charge in [0, 0.05) is 25.5 Å². The molecule has 1 amide bonds. The van der Waals surface area contributed by atoms with E-state index in [2.05, 4.69) is 11.4 Å². The molecule has 3 heteroatoms. The SMILES string of the molecule is CNc1ccc2c(c1)C1(CCC1)C(=O)N2C. The van der Waals surface area contributed by atoms with Gasteiger partial charge in [-0.15, -0.1) is 0 Å². The maximum Gasteiger partial charge on any atom is 0.237 e. The van der Waals surface area contributed by atoms with Gasteiger partial charge in [-0.25, -0.2) is 0 Å². The van der Waals surface area contributed by atoms with Crippen LogP contribution >= 0.6 is 0 Å². The summed E-state index contributed by atoms with van der Waals surface area (Å²) < 4.78 is 0. The fourth-order valence-corrected chi connectivity index (χ4v) is 2.93. The second kappa shape index (κ2) is 3.00. The van der Waals surface area contributed by atoms with Crippen LogP contribution in [0, 0.1) is 0 Å². The Kier molecular flexibility index (Phi) is 1.82. The number of fused-ring (bicyclic) bond motifs is 2. The van der Waals surface area contributed by atoms with E-state index in [0.717, 1.165) is 24.2 Å². The van der Waals surface area contributed by atoms with Crippen molar-refractivity contribution >= 4 is 17.3 Å². The van der Waals surface area contributed by atoms with Gasteiger partial charge in [0.15, 0.2) is 0 Å². The van der Waals surface area contributed by atoms with Gasteiger partial charge in [0.05, 0.1) is 5.41 Å². The molecule has 1 spiro atoms. The number of anilines is 2. The number of hydrogen-bond donors (Lipinski definition) is 1. The highest BCUT2D eigenvalue weighted by Crippen LogP contribution is 2.53. The third-order valence-electron chi connectivity index (χ3n) is 4.08. The van der Waals surface area contributed by atoms with E-state index >= 15 is 0 Å². The molecule has 3 rings (SSSR count). The van der Waals surface area contributed by atoms with Crippen molar-refractivity contribution in [2.24, 2.45) is 0 Å². The summed E-state index contributed by atoms with van der Waals surface area (Å²) in [7, 11) is 3.79. The second-order valence-corrected chi connectivity index (χ2v) is 4.78. The van der Waals surface area contributed by atoms with Crippen molar-refractivity contribution in [1.29, 1.82) is 0 Å². The standard InChI is InChI=1S/C13H16N2O/c1-14-9-4-5-11-10(8-9)13(6-3-7-13)12(16)15(11)2/h4-5,8,14H,3,6-7H2,1-2H3. The van der Waals surface area contributed by atoms with Gasteiger partial charge in [-0.2, -0.15) is 0 Å². The molecule has 84 valence electrons. The minimum Gasteiger partial charge on any atom is -0.388 e. The summed E-state index contributed by atoms with van der Waals surface area (Å²) in [6.45, 7) is 0. The van der Waals surface area contributed by atoms with E-state index in [1.54, 1.807) is 0 Å². The average molecular weight is 216 g/mol. The second-order valence-electron chi connectivity index (χ2n) is 4.78. The van der Waals surface area contributed by atoms with Gasteiger partial charge < -0.3 is 10.2 Å². The molecule has 0 bridgehead atoms. The van der Waals surface area contributed by atoms with Crippen LogP contribution in [0.1, 0.15) is 24.8 Å². The molecule has 3 nitrogen and oxygen atoms in total. The first kappa shape index (κ1) is 9.70. The number of nitrogens with one attached hydrogen (secondary N) is 1. The quantitative estimate of drug-likeness (QED) is 0.780. The lowest BCUT2D eigenvalue weighted by Crippen LogP contribution is -2.43. The minimum atomic E-state index is -0.184. The molecule has 1 aromatic carbocycles. The zero-order chi connectivity index (χ0) is 11.3. The zero-order valence-corrected chi connectivity index (χ0v) is 9.71. The molecule has 1 saturated carbocycles. The Balaban J connectivity index is 2.18. The molecule has 1 fully saturated rings. The van der Waals surface area contributed by atoms with Crippen molar-refractivity contribution in [2.45, 2.75) is 24.7 Å². The fraction of sp³-hybridized carbons (Fsp3) is 0.462. The lowest BCUT2D eigenvalue weighted by atomic mass is 9.65. The van der Waals surface area contributed by atoms with E-state index in [-0.39, 0.29) is 11.3 Å². The Morgan fingerprint density at radius 3 is 2.69 bits per heavy atom. The van der Waals surface area contributed by atoms with Gasteiger partial charge in [-0.05, 0) is 36.6 Å². The molecule has 16 heavy (non-hydrogen) atoms. The molecule has 1 aliphatic carbocycles. The topological polar surface area (TPSA) is 32.3 Å². The van der Waals surface area contributed by atoms with Crippen LogP contribution in [0.5, 0.6) is 0 Å². The predicted molar refractivity (Wildman–Crippen MR) is 64.9 cm³/mol. The number of hydrogen-bond acceptors (Lipinski definition) is 2. The van der Waals surface area contributed by atoms with Crippen LogP contribution in [-0.2, 0) is 10.2 Å². The van der Waals surface area contributed by atoms with Gasteiger partial charge in [0.1, 0.15) is 0 Å². The van der Waals surface area contributed by atoms with Crippen molar-refractivity contribution in [3.05, 3.63) is 23.8 Å². The molecule has 0 aromatic heterocycles. The fourth-order valence-electron chi connectivity index (χ4n) is 2.93. The highest BCUT2D eigenvalue weighted by atomic mass is 16.2. The zero-order valence-electron chi connectivity index (χ0n) is 9.71. The van der Waals surface area contributed by atoms with Crippen molar-refractivity contribution in [1.82, 2.24) is 0 Å². The van der Waals surface area contributed by atoms with Crippen LogP contribution in [0.15, 0.2) is 18.2 Å². The van der Waals surface area contributed by atoms with Crippen molar-refractivity contribution in [3.8, 4) is 0 Å². The Morgan fingerprint density at radius 1 is 1.38 bits per heavy atom. The minimum absolute atomic E-state index is 0.184. The Labute approximate surface area is 95.4 Å². The first-order valence-corrected chi connectivity index (χ1v) is 5.79. The molecule has 1 N–H and O–H groups in total. The first-order chi connectivity index (χ1) is 7.69. The van der Waals surface area contributed by atoms with Crippen molar-refractivity contribution < 1.29 is 4.79 Å². The number of carbonyl (C=O) groups excluding carboxylic acids is 1. The normalized spacial score (nSPS) is 20.9. The summed E-state index contributed by atoms with van der Waals surface area (Å²) in [5.74, 6) is 0.280. The summed E-state index contributed by atoms with van der Waals surface area (Å²) >= 11 is 0. The van der Waals surface area contributed by atoms with Crippen molar-refractivity contribution in [2.75, 3.05) is 24.3 Å². The van der Waals surface area contributed by atoms with Gasteiger partial charge in [0.25, 0.3) is 0 Å². The van der Waals surface area contributed by atoms with Crippen LogP contribution < -0.4 is 10.2 Å². The number of amides is 1. The molecule has 0 unspecified atom stereocenters. The summed E-state index contributed by atoms with van der Waals surface area (Å²) in [6, 6.07) is 6.21. The Morgan fingerprint density at radius 2 is 2.12 bits per heavy atom. The molecule has 1 aliphatic heterocycles. The van der Waals surface area contributed by atoms with Crippen LogP contribution in [0.3, 0.4) is 0 Å². The van der Waals surface area contributed by atoms with E-state index in [9.17, 15) is 4.79 Å². The van der Waals surface area contributed by atoms with Gasteiger partial charge in [-0.3, -0.25) is 4.79 Å². The third-order valence-corrected chi connectivity index (χ3v) is 4.08. The summed E-state index contributed by atoms with van der Waals surface area (Å²) in [4.78, 5) is 14.1. The van der Waals surface area contributed by atoms with E-state index in [0.29, 0.717) is 0 Å².